The van der Waals surface area contributed by atoms with Gasteiger partial charge in [0.2, 0.25) is 0 Å². The lowest BCUT2D eigenvalue weighted by molar-refractivity contribution is 1.04. The molecule has 54 valence electrons. The molecule has 1 aromatic heterocycles. The molecule has 0 aliphatic heterocycles. The first-order valence-corrected chi connectivity index (χ1v) is 3.95. The van der Waals surface area contributed by atoms with Crippen molar-refractivity contribution in [3.8, 4) is 0 Å². The third-order valence-electron chi connectivity index (χ3n) is 1.51. The average molecular weight is 201 g/mol. The van der Waals surface area contributed by atoms with Crippen molar-refractivity contribution in [2.24, 2.45) is 0 Å². The van der Waals surface area contributed by atoms with Crippen LogP contribution in [0.25, 0.3) is 6.08 Å². The van der Waals surface area contributed by atoms with Crippen LogP contribution in [0.1, 0.15) is 17.0 Å². The highest BCUT2D eigenvalue weighted by Crippen LogP contribution is 2.10. The number of aromatic amines is 1. The number of rotatable bonds is 1. The average Bonchev–Trinajstić information content (AvgIpc) is 2.20. The van der Waals surface area contributed by atoms with Gasteiger partial charge in [0, 0.05) is 5.69 Å². The molecule has 0 fully saturated rings. The minimum atomic E-state index is 0.995. The number of nitrogens with one attached hydrogen (secondary N) is 1. The minimum absolute atomic E-state index is 0.995. The van der Waals surface area contributed by atoms with Crippen LogP contribution in [0.3, 0.4) is 0 Å². The Bertz CT molecular complexity index is 250. The molecule has 0 aliphatic carbocycles. The Balaban J connectivity index is 3.05. The van der Waals surface area contributed by atoms with E-state index in [1.54, 1.807) is 4.99 Å². The molecule has 0 spiro atoms. The number of hydrogen-bond donors (Lipinski definition) is 1. The van der Waals surface area contributed by atoms with Gasteiger partial charge in [-0.2, -0.15) is 5.10 Å². The number of nitrogens with zero attached hydrogens (tertiary/aromatic N) is 1. The van der Waals surface area contributed by atoms with Crippen LogP contribution in [0.4, 0.5) is 0 Å². The Morgan fingerprint density at radius 1 is 1.50 bits per heavy atom. The molecule has 1 N–H and O–H groups in total. The zero-order valence-corrected chi connectivity index (χ0v) is 7.57. The maximum absolute atomic E-state index is 4.06. The first-order valence-electron chi connectivity index (χ1n) is 3.04. The van der Waals surface area contributed by atoms with Gasteiger partial charge in [-0.3, -0.25) is 5.10 Å². The summed E-state index contributed by atoms with van der Waals surface area (Å²) < 4.78 is 0. The fourth-order valence-corrected chi connectivity index (χ4v) is 0.976. The lowest BCUT2D eigenvalue weighted by Crippen LogP contribution is -1.74. The van der Waals surface area contributed by atoms with Gasteiger partial charge in [0.05, 0.1) is 5.69 Å². The highest BCUT2D eigenvalue weighted by Gasteiger charge is 1.99. The van der Waals surface area contributed by atoms with Gasteiger partial charge in [-0.05, 0) is 30.5 Å². The van der Waals surface area contributed by atoms with Gasteiger partial charge < -0.3 is 0 Å². The second-order valence-electron chi connectivity index (χ2n) is 2.15. The van der Waals surface area contributed by atoms with Gasteiger partial charge in [-0.25, -0.2) is 0 Å². The largest absolute Gasteiger partial charge is 0.282 e. The molecule has 0 aromatic carbocycles. The standard InChI is InChI=1S/C7H9BrN2/c1-5-6(2)9-10-7(5)3-4-8/h3-4H,1-2H3,(H,9,10)/b4-3+. The summed E-state index contributed by atoms with van der Waals surface area (Å²) in [4.78, 5) is 1.80. The predicted octanol–water partition coefficient (Wildman–Crippen LogP) is 2.39. The number of hydrogen-bond acceptors (Lipinski definition) is 1. The van der Waals surface area contributed by atoms with Crippen molar-refractivity contribution < 1.29 is 0 Å². The molecule has 2 nitrogen and oxygen atoms in total. The van der Waals surface area contributed by atoms with Crippen molar-refractivity contribution in [1.82, 2.24) is 10.2 Å². The van der Waals surface area contributed by atoms with Crippen molar-refractivity contribution >= 4 is 22.0 Å². The Morgan fingerprint density at radius 3 is 2.60 bits per heavy atom. The van der Waals surface area contributed by atoms with Crippen LogP contribution in [0.15, 0.2) is 4.99 Å². The van der Waals surface area contributed by atoms with Gasteiger partial charge in [0.15, 0.2) is 0 Å². The van der Waals surface area contributed by atoms with Crippen molar-refractivity contribution in [3.05, 3.63) is 21.9 Å². The van der Waals surface area contributed by atoms with E-state index >= 15 is 0 Å². The lowest BCUT2D eigenvalue weighted by atomic mass is 10.2. The van der Waals surface area contributed by atoms with Crippen LogP contribution in [-0.4, -0.2) is 10.2 Å². The Morgan fingerprint density at radius 2 is 2.20 bits per heavy atom. The summed E-state index contributed by atoms with van der Waals surface area (Å²) in [5.74, 6) is 0. The Labute approximate surface area is 68.5 Å². The van der Waals surface area contributed by atoms with Crippen LogP contribution in [0.2, 0.25) is 0 Å². The monoisotopic (exact) mass is 200 g/mol. The third-order valence-corrected chi connectivity index (χ3v) is 1.78. The Hall–Kier alpha value is -0.570. The van der Waals surface area contributed by atoms with E-state index in [9.17, 15) is 0 Å². The lowest BCUT2D eigenvalue weighted by Gasteiger charge is -1.85. The molecular formula is C7H9BrN2. The van der Waals surface area contributed by atoms with Crippen molar-refractivity contribution in [3.63, 3.8) is 0 Å². The zero-order valence-electron chi connectivity index (χ0n) is 5.98. The maximum Gasteiger partial charge on any atom is 0.0885 e. The van der Waals surface area contributed by atoms with Crippen LogP contribution in [0.5, 0.6) is 0 Å². The molecule has 0 radical (unpaired) electrons. The van der Waals surface area contributed by atoms with E-state index in [0.717, 1.165) is 11.4 Å². The van der Waals surface area contributed by atoms with Gasteiger partial charge >= 0.3 is 0 Å². The summed E-state index contributed by atoms with van der Waals surface area (Å²) >= 11 is 3.20. The number of aryl methyl sites for hydroxylation is 1. The van der Waals surface area contributed by atoms with Gasteiger partial charge in [0.1, 0.15) is 0 Å². The quantitative estimate of drug-likeness (QED) is 0.742. The summed E-state index contributed by atoms with van der Waals surface area (Å²) in [5.41, 5.74) is 3.32. The van der Waals surface area contributed by atoms with E-state index in [0.29, 0.717) is 0 Å². The molecule has 0 saturated heterocycles. The molecule has 0 saturated carbocycles. The number of aromatic nitrogens is 2. The molecule has 1 rings (SSSR count). The van der Waals surface area contributed by atoms with Gasteiger partial charge in [-0.15, -0.1) is 0 Å². The Kier molecular flexibility index (Phi) is 2.27. The molecular weight excluding hydrogens is 192 g/mol. The van der Waals surface area contributed by atoms with Crippen molar-refractivity contribution in [2.75, 3.05) is 0 Å². The molecule has 0 aliphatic rings. The van der Waals surface area contributed by atoms with E-state index in [4.69, 9.17) is 0 Å². The fourth-order valence-electron chi connectivity index (χ4n) is 0.726. The molecule has 0 unspecified atom stereocenters. The predicted molar refractivity (Wildman–Crippen MR) is 46.0 cm³/mol. The second kappa shape index (κ2) is 3.01. The first kappa shape index (κ1) is 7.54. The van der Waals surface area contributed by atoms with E-state index in [1.807, 2.05) is 19.9 Å². The van der Waals surface area contributed by atoms with Crippen LogP contribution in [0, 0.1) is 13.8 Å². The highest BCUT2D eigenvalue weighted by molar-refractivity contribution is 9.11. The highest BCUT2D eigenvalue weighted by atomic mass is 79.9. The molecule has 0 amide bonds. The molecule has 0 bridgehead atoms. The summed E-state index contributed by atoms with van der Waals surface area (Å²) in [6.07, 6.45) is 1.92. The molecule has 1 heterocycles. The molecule has 10 heavy (non-hydrogen) atoms. The van der Waals surface area contributed by atoms with Crippen molar-refractivity contribution in [2.45, 2.75) is 13.8 Å². The van der Waals surface area contributed by atoms with Gasteiger partial charge in [-0.1, -0.05) is 15.9 Å². The topological polar surface area (TPSA) is 28.7 Å². The first-order chi connectivity index (χ1) is 4.75. The summed E-state index contributed by atoms with van der Waals surface area (Å²) in [6.45, 7) is 4.05. The van der Waals surface area contributed by atoms with E-state index < -0.39 is 0 Å². The van der Waals surface area contributed by atoms with E-state index in [1.165, 1.54) is 5.56 Å². The fraction of sp³-hybridized carbons (Fsp3) is 0.286. The minimum Gasteiger partial charge on any atom is -0.282 e. The normalized spacial score (nSPS) is 11.1. The summed E-state index contributed by atoms with van der Waals surface area (Å²) in [7, 11) is 0. The van der Waals surface area contributed by atoms with E-state index in [2.05, 4.69) is 26.1 Å². The molecule has 0 atom stereocenters. The molecule has 1 aromatic rings. The van der Waals surface area contributed by atoms with Crippen LogP contribution >= 0.6 is 15.9 Å². The van der Waals surface area contributed by atoms with Gasteiger partial charge in [0.25, 0.3) is 0 Å². The summed E-state index contributed by atoms with van der Waals surface area (Å²) in [6, 6.07) is 0. The maximum atomic E-state index is 4.06. The molecule has 3 heteroatoms. The van der Waals surface area contributed by atoms with Crippen molar-refractivity contribution in [1.29, 1.82) is 0 Å². The van der Waals surface area contributed by atoms with Crippen LogP contribution in [-0.2, 0) is 0 Å². The smallest absolute Gasteiger partial charge is 0.0885 e. The second-order valence-corrected chi connectivity index (χ2v) is 2.68. The van der Waals surface area contributed by atoms with E-state index in [-0.39, 0.29) is 0 Å². The number of halogens is 1. The number of H-pyrrole nitrogens is 1. The van der Waals surface area contributed by atoms with Crippen LogP contribution < -0.4 is 0 Å². The zero-order chi connectivity index (χ0) is 7.56. The summed E-state index contributed by atoms with van der Waals surface area (Å²) in [5, 5.41) is 6.96. The third kappa shape index (κ3) is 1.29. The SMILES string of the molecule is Cc1[nH]nc(/C=C/Br)c1C.